The minimum absolute atomic E-state index is 0.0285. The molecule has 1 aromatic heterocycles. The largest absolute Gasteiger partial charge is 0.497 e. The van der Waals surface area contributed by atoms with Gasteiger partial charge in [-0.3, -0.25) is 4.79 Å². The molecule has 1 aliphatic heterocycles. The van der Waals surface area contributed by atoms with Crippen molar-refractivity contribution in [2.75, 3.05) is 18.6 Å². The van der Waals surface area contributed by atoms with Crippen molar-refractivity contribution >= 4 is 15.7 Å². The smallest absolute Gasteiger partial charge is 0.276 e. The molecule has 0 saturated carbocycles. The summed E-state index contributed by atoms with van der Waals surface area (Å²) < 4.78 is 47.8. The van der Waals surface area contributed by atoms with Crippen molar-refractivity contribution in [2.24, 2.45) is 0 Å². The zero-order chi connectivity index (χ0) is 22.0. The number of sulfone groups is 1. The molecule has 1 fully saturated rings. The second-order valence-corrected chi connectivity index (χ2v) is 9.65. The number of carbonyl (C=O) groups excluding carboxylic acids is 1. The summed E-state index contributed by atoms with van der Waals surface area (Å²) in [4.78, 5) is 14.8. The standard InChI is InChI=1S/C22H21FN2O5S/c1-29-19-8-4-16(5-9-19)21-12-20(24-30-21)22(26)25(18-10-11-31(27,28)14-18)13-15-2-6-17(23)7-3-15/h2-9,12,18H,10-11,13-14H2,1H3/t18-/m1/s1. The van der Waals surface area contributed by atoms with Gasteiger partial charge in [0.05, 0.1) is 18.6 Å². The fourth-order valence-corrected chi connectivity index (χ4v) is 5.32. The fraction of sp³-hybridized carbons (Fsp3) is 0.273. The van der Waals surface area contributed by atoms with Crippen LogP contribution in [0.1, 0.15) is 22.5 Å². The first-order valence-corrected chi connectivity index (χ1v) is 11.5. The van der Waals surface area contributed by atoms with Gasteiger partial charge in [-0.1, -0.05) is 17.3 Å². The van der Waals surface area contributed by atoms with Gasteiger partial charge in [-0.25, -0.2) is 12.8 Å². The molecule has 9 heteroatoms. The van der Waals surface area contributed by atoms with Gasteiger partial charge in [0, 0.05) is 24.2 Å². The van der Waals surface area contributed by atoms with E-state index in [4.69, 9.17) is 9.26 Å². The lowest BCUT2D eigenvalue weighted by atomic mass is 10.1. The number of methoxy groups -OCH3 is 1. The molecular formula is C22H21FN2O5S. The van der Waals surface area contributed by atoms with Gasteiger partial charge in [0.1, 0.15) is 11.6 Å². The highest BCUT2D eigenvalue weighted by molar-refractivity contribution is 7.91. The molecule has 7 nitrogen and oxygen atoms in total. The molecule has 3 aromatic rings. The molecule has 1 aliphatic rings. The number of nitrogens with zero attached hydrogens (tertiary/aromatic N) is 2. The second kappa shape index (κ2) is 8.50. The number of amides is 1. The molecule has 2 heterocycles. The summed E-state index contributed by atoms with van der Waals surface area (Å²) in [6, 6.07) is 13.9. The first kappa shape index (κ1) is 21.0. The summed E-state index contributed by atoms with van der Waals surface area (Å²) in [5, 5.41) is 3.91. The van der Waals surface area contributed by atoms with Gasteiger partial charge in [-0.15, -0.1) is 0 Å². The summed E-state index contributed by atoms with van der Waals surface area (Å²) in [7, 11) is -1.64. The number of carbonyl (C=O) groups is 1. The van der Waals surface area contributed by atoms with Crippen LogP contribution in [0.3, 0.4) is 0 Å². The molecule has 162 valence electrons. The SMILES string of the molecule is COc1ccc(-c2cc(C(=O)N(Cc3ccc(F)cc3)[C@@H]3CCS(=O)(=O)C3)no2)cc1. The number of ether oxygens (including phenoxy) is 1. The van der Waals surface area contributed by atoms with Gasteiger partial charge in [0.25, 0.3) is 5.91 Å². The predicted molar refractivity (Wildman–Crippen MR) is 112 cm³/mol. The predicted octanol–water partition coefficient (Wildman–Crippen LogP) is 3.32. The molecule has 0 unspecified atom stereocenters. The summed E-state index contributed by atoms with van der Waals surface area (Å²) in [6.45, 7) is 0.143. The maximum absolute atomic E-state index is 13.3. The summed E-state index contributed by atoms with van der Waals surface area (Å²) in [5.74, 6) is 0.198. The minimum Gasteiger partial charge on any atom is -0.497 e. The van der Waals surface area contributed by atoms with Gasteiger partial charge in [0.15, 0.2) is 21.3 Å². The van der Waals surface area contributed by atoms with Gasteiger partial charge >= 0.3 is 0 Å². The average molecular weight is 444 g/mol. The van der Waals surface area contributed by atoms with E-state index in [9.17, 15) is 17.6 Å². The summed E-state index contributed by atoms with van der Waals surface area (Å²) in [5.41, 5.74) is 1.50. The highest BCUT2D eigenvalue weighted by atomic mass is 32.2. The molecule has 1 atom stereocenters. The quantitative estimate of drug-likeness (QED) is 0.579. The van der Waals surface area contributed by atoms with Gasteiger partial charge in [-0.05, 0) is 48.4 Å². The molecule has 31 heavy (non-hydrogen) atoms. The van der Waals surface area contributed by atoms with E-state index in [0.29, 0.717) is 23.5 Å². The Bertz CT molecular complexity index is 1170. The lowest BCUT2D eigenvalue weighted by Gasteiger charge is -2.27. The number of hydrogen-bond donors (Lipinski definition) is 0. The van der Waals surface area contributed by atoms with E-state index in [1.165, 1.54) is 23.1 Å². The van der Waals surface area contributed by atoms with Crippen LogP contribution in [0.4, 0.5) is 4.39 Å². The maximum Gasteiger partial charge on any atom is 0.276 e. The molecule has 1 saturated heterocycles. The molecule has 0 bridgehead atoms. The van der Waals surface area contributed by atoms with Gasteiger partial charge in [0.2, 0.25) is 0 Å². The number of halogens is 1. The number of rotatable bonds is 6. The van der Waals surface area contributed by atoms with Gasteiger partial charge in [-0.2, -0.15) is 0 Å². The highest BCUT2D eigenvalue weighted by Gasteiger charge is 2.36. The van der Waals surface area contributed by atoms with E-state index in [1.807, 2.05) is 0 Å². The van der Waals surface area contributed by atoms with E-state index in [1.54, 1.807) is 43.5 Å². The Morgan fingerprint density at radius 2 is 1.90 bits per heavy atom. The molecule has 1 amide bonds. The Balaban J connectivity index is 1.60. The van der Waals surface area contributed by atoms with Crippen LogP contribution in [-0.2, 0) is 16.4 Å². The van der Waals surface area contributed by atoms with Crippen LogP contribution in [0.5, 0.6) is 5.75 Å². The molecule has 0 spiro atoms. The molecule has 0 aliphatic carbocycles. The highest BCUT2D eigenvalue weighted by Crippen LogP contribution is 2.26. The van der Waals surface area contributed by atoms with Crippen molar-refractivity contribution < 1.29 is 26.9 Å². The first-order chi connectivity index (χ1) is 14.8. The van der Waals surface area contributed by atoms with Crippen LogP contribution >= 0.6 is 0 Å². The number of benzene rings is 2. The maximum atomic E-state index is 13.3. The summed E-state index contributed by atoms with van der Waals surface area (Å²) in [6.07, 6.45) is 0.346. The van der Waals surface area contributed by atoms with Crippen molar-refractivity contribution in [3.05, 3.63) is 71.7 Å². The third kappa shape index (κ3) is 4.77. The number of aromatic nitrogens is 1. The molecule has 4 rings (SSSR count). The Labute approximate surface area is 179 Å². The molecule has 2 aromatic carbocycles. The Morgan fingerprint density at radius 1 is 1.19 bits per heavy atom. The van der Waals surface area contributed by atoms with Crippen molar-refractivity contribution in [3.8, 4) is 17.1 Å². The molecular weight excluding hydrogens is 423 g/mol. The minimum atomic E-state index is -3.21. The van der Waals surface area contributed by atoms with E-state index in [0.717, 1.165) is 5.56 Å². The fourth-order valence-electron chi connectivity index (χ4n) is 3.59. The van der Waals surface area contributed by atoms with E-state index >= 15 is 0 Å². The van der Waals surface area contributed by atoms with Crippen molar-refractivity contribution in [1.82, 2.24) is 10.1 Å². The van der Waals surface area contributed by atoms with Crippen molar-refractivity contribution in [2.45, 2.75) is 19.0 Å². The average Bonchev–Trinajstić information content (AvgIpc) is 3.39. The van der Waals surface area contributed by atoms with Crippen LogP contribution in [-0.4, -0.2) is 49.0 Å². The van der Waals surface area contributed by atoms with Crippen LogP contribution in [0.25, 0.3) is 11.3 Å². The monoisotopic (exact) mass is 444 g/mol. The van der Waals surface area contributed by atoms with Crippen LogP contribution in [0.2, 0.25) is 0 Å². The topological polar surface area (TPSA) is 89.7 Å². The Kier molecular flexibility index (Phi) is 5.77. The third-order valence-electron chi connectivity index (χ3n) is 5.28. The Morgan fingerprint density at radius 3 is 2.52 bits per heavy atom. The normalized spacial score (nSPS) is 17.4. The lowest BCUT2D eigenvalue weighted by molar-refractivity contribution is 0.0670. The first-order valence-electron chi connectivity index (χ1n) is 9.71. The Hall–Kier alpha value is -3.20. The van der Waals surface area contributed by atoms with Crippen LogP contribution in [0.15, 0.2) is 59.1 Å². The zero-order valence-corrected chi connectivity index (χ0v) is 17.6. The zero-order valence-electron chi connectivity index (χ0n) is 16.8. The number of hydrogen-bond acceptors (Lipinski definition) is 6. The van der Waals surface area contributed by atoms with E-state index in [2.05, 4.69) is 5.16 Å². The van der Waals surface area contributed by atoms with E-state index in [-0.39, 0.29) is 29.6 Å². The molecule has 0 N–H and O–H groups in total. The molecule has 0 radical (unpaired) electrons. The van der Waals surface area contributed by atoms with Crippen LogP contribution < -0.4 is 4.74 Å². The van der Waals surface area contributed by atoms with Crippen molar-refractivity contribution in [1.29, 1.82) is 0 Å². The summed E-state index contributed by atoms with van der Waals surface area (Å²) >= 11 is 0. The third-order valence-corrected chi connectivity index (χ3v) is 7.03. The van der Waals surface area contributed by atoms with Crippen molar-refractivity contribution in [3.63, 3.8) is 0 Å². The van der Waals surface area contributed by atoms with Gasteiger partial charge < -0.3 is 14.2 Å². The van der Waals surface area contributed by atoms with Crippen LogP contribution in [0, 0.1) is 5.82 Å². The van der Waals surface area contributed by atoms with E-state index < -0.39 is 21.8 Å². The lowest BCUT2D eigenvalue weighted by Crippen LogP contribution is -2.40. The second-order valence-electron chi connectivity index (χ2n) is 7.42.